The Bertz CT molecular complexity index is 403. The van der Waals surface area contributed by atoms with Crippen molar-refractivity contribution >= 4 is 28.9 Å². The molecule has 1 aromatic carbocycles. The molecule has 0 aliphatic heterocycles. The zero-order valence-corrected chi connectivity index (χ0v) is 10.9. The summed E-state index contributed by atoms with van der Waals surface area (Å²) in [5, 5.41) is 2.80. The van der Waals surface area contributed by atoms with Crippen molar-refractivity contribution in [1.29, 1.82) is 0 Å². The first kappa shape index (κ1) is 13.4. The second-order valence-electron chi connectivity index (χ2n) is 3.70. The van der Waals surface area contributed by atoms with Crippen molar-refractivity contribution in [2.24, 2.45) is 5.73 Å². The average molecular weight is 251 g/mol. The van der Waals surface area contributed by atoms with Gasteiger partial charge in [0, 0.05) is 24.8 Å². The summed E-state index contributed by atoms with van der Waals surface area (Å²) in [7, 11) is 1.72. The minimum absolute atomic E-state index is 0.116. The normalized spacial score (nSPS) is 9.76. The van der Waals surface area contributed by atoms with Crippen LogP contribution in [0.4, 0.5) is 10.5 Å². The van der Waals surface area contributed by atoms with Gasteiger partial charge in [-0.3, -0.25) is 4.90 Å². The number of thiocarbonyl (C=S) groups is 1. The summed E-state index contributed by atoms with van der Waals surface area (Å²) in [5.41, 5.74) is 7.11. The number of hydrogen-bond acceptors (Lipinski definition) is 2. The van der Waals surface area contributed by atoms with Gasteiger partial charge in [0.2, 0.25) is 0 Å². The summed E-state index contributed by atoms with van der Waals surface area (Å²) < 4.78 is 0. The molecule has 0 spiro atoms. The number of rotatable bonds is 4. The molecule has 0 heterocycles. The van der Waals surface area contributed by atoms with Crippen LogP contribution < -0.4 is 16.0 Å². The van der Waals surface area contributed by atoms with Gasteiger partial charge in [0.05, 0.1) is 0 Å². The number of benzene rings is 1. The number of nitrogens with zero attached hydrogens (tertiary/aromatic N) is 1. The van der Waals surface area contributed by atoms with E-state index in [-0.39, 0.29) is 6.03 Å². The molecule has 1 aromatic rings. The van der Waals surface area contributed by atoms with Crippen LogP contribution in [0.5, 0.6) is 0 Å². The molecule has 0 saturated carbocycles. The summed E-state index contributed by atoms with van der Waals surface area (Å²) in [5.74, 6) is 0. The van der Waals surface area contributed by atoms with E-state index in [1.165, 1.54) is 0 Å². The van der Waals surface area contributed by atoms with E-state index in [2.05, 4.69) is 5.32 Å². The fraction of sp³-hybridized carbons (Fsp3) is 0.333. The van der Waals surface area contributed by atoms with Crippen LogP contribution in [0, 0.1) is 0 Å². The molecule has 1 rings (SSSR count). The fourth-order valence-electron chi connectivity index (χ4n) is 1.32. The Labute approximate surface area is 107 Å². The van der Waals surface area contributed by atoms with Gasteiger partial charge in [-0.1, -0.05) is 19.1 Å². The van der Waals surface area contributed by atoms with E-state index in [9.17, 15) is 4.79 Å². The van der Waals surface area contributed by atoms with Gasteiger partial charge in [-0.15, -0.1) is 0 Å². The summed E-state index contributed by atoms with van der Waals surface area (Å²) >= 11 is 4.86. The smallest absolute Gasteiger partial charge is 0.321 e. The Hall–Kier alpha value is -1.62. The maximum atomic E-state index is 11.7. The standard InChI is InChI=1S/C12H17N3OS/c1-3-8-14-12(16)15(2)10-6-4-9(5-7-10)11(13)17/h4-7H,3,8H2,1-2H3,(H2,13,17)(H,14,16). The number of amides is 2. The second kappa shape index (κ2) is 6.20. The molecule has 0 aromatic heterocycles. The Kier molecular flexibility index (Phi) is 4.90. The van der Waals surface area contributed by atoms with Gasteiger partial charge in [-0.2, -0.15) is 0 Å². The third-order valence-corrected chi connectivity index (χ3v) is 2.61. The maximum absolute atomic E-state index is 11.7. The molecule has 0 aliphatic carbocycles. The highest BCUT2D eigenvalue weighted by atomic mass is 32.1. The number of hydrogen-bond donors (Lipinski definition) is 2. The van der Waals surface area contributed by atoms with E-state index in [0.29, 0.717) is 11.5 Å². The van der Waals surface area contributed by atoms with Crippen LogP contribution in [0.2, 0.25) is 0 Å². The highest BCUT2D eigenvalue weighted by Crippen LogP contribution is 2.13. The third kappa shape index (κ3) is 3.71. The van der Waals surface area contributed by atoms with E-state index in [4.69, 9.17) is 18.0 Å². The molecule has 5 heteroatoms. The molecule has 0 fully saturated rings. The third-order valence-electron chi connectivity index (χ3n) is 2.37. The molecule has 2 amide bonds. The van der Waals surface area contributed by atoms with E-state index < -0.39 is 0 Å². The van der Waals surface area contributed by atoms with Crippen molar-refractivity contribution in [3.05, 3.63) is 29.8 Å². The highest BCUT2D eigenvalue weighted by molar-refractivity contribution is 7.80. The maximum Gasteiger partial charge on any atom is 0.321 e. The number of nitrogens with two attached hydrogens (primary N) is 1. The molecular weight excluding hydrogens is 234 g/mol. The number of anilines is 1. The zero-order chi connectivity index (χ0) is 12.8. The lowest BCUT2D eigenvalue weighted by Crippen LogP contribution is -2.37. The number of urea groups is 1. The molecule has 17 heavy (non-hydrogen) atoms. The van der Waals surface area contributed by atoms with Gasteiger partial charge in [-0.25, -0.2) is 4.79 Å². The Morgan fingerprint density at radius 3 is 2.47 bits per heavy atom. The number of carbonyl (C=O) groups excluding carboxylic acids is 1. The molecule has 0 atom stereocenters. The van der Waals surface area contributed by atoms with Gasteiger partial charge in [0.15, 0.2) is 0 Å². The molecule has 0 bridgehead atoms. The van der Waals surface area contributed by atoms with Crippen LogP contribution in [0.3, 0.4) is 0 Å². The fourth-order valence-corrected chi connectivity index (χ4v) is 1.45. The molecule has 3 N–H and O–H groups in total. The Balaban J connectivity index is 2.72. The van der Waals surface area contributed by atoms with E-state index >= 15 is 0 Å². The number of carbonyl (C=O) groups is 1. The monoisotopic (exact) mass is 251 g/mol. The van der Waals surface area contributed by atoms with E-state index in [1.807, 2.05) is 19.1 Å². The van der Waals surface area contributed by atoms with Crippen molar-refractivity contribution < 1.29 is 4.79 Å². The van der Waals surface area contributed by atoms with Gasteiger partial charge < -0.3 is 11.1 Å². The summed E-state index contributed by atoms with van der Waals surface area (Å²) in [6.07, 6.45) is 0.917. The summed E-state index contributed by atoms with van der Waals surface area (Å²) in [6.45, 7) is 2.69. The highest BCUT2D eigenvalue weighted by Gasteiger charge is 2.09. The summed E-state index contributed by atoms with van der Waals surface area (Å²) in [6, 6.07) is 7.14. The van der Waals surface area contributed by atoms with Crippen LogP contribution in [0.1, 0.15) is 18.9 Å². The molecule has 0 unspecified atom stereocenters. The van der Waals surface area contributed by atoms with Gasteiger partial charge in [-0.05, 0) is 30.7 Å². The summed E-state index contributed by atoms with van der Waals surface area (Å²) in [4.78, 5) is 13.6. The first-order chi connectivity index (χ1) is 8.06. The van der Waals surface area contributed by atoms with Crippen LogP contribution in [0.15, 0.2) is 24.3 Å². The lowest BCUT2D eigenvalue weighted by molar-refractivity contribution is 0.247. The second-order valence-corrected chi connectivity index (χ2v) is 4.14. The van der Waals surface area contributed by atoms with Crippen LogP contribution in [-0.4, -0.2) is 24.6 Å². The predicted octanol–water partition coefficient (Wildman–Crippen LogP) is 1.88. The van der Waals surface area contributed by atoms with Crippen molar-refractivity contribution in [2.75, 3.05) is 18.5 Å². The first-order valence-electron chi connectivity index (χ1n) is 5.47. The van der Waals surface area contributed by atoms with Gasteiger partial charge in [0.25, 0.3) is 0 Å². The molecule has 0 aliphatic rings. The molecular formula is C12H17N3OS. The lowest BCUT2D eigenvalue weighted by Gasteiger charge is -2.18. The number of nitrogens with one attached hydrogen (secondary N) is 1. The molecule has 92 valence electrons. The Morgan fingerprint density at radius 1 is 1.41 bits per heavy atom. The van der Waals surface area contributed by atoms with Crippen molar-refractivity contribution in [3.63, 3.8) is 0 Å². The molecule has 0 saturated heterocycles. The minimum Gasteiger partial charge on any atom is -0.389 e. The molecule has 0 radical (unpaired) electrons. The van der Waals surface area contributed by atoms with Crippen LogP contribution in [-0.2, 0) is 0 Å². The SMILES string of the molecule is CCCNC(=O)N(C)c1ccc(C(N)=S)cc1. The van der Waals surface area contributed by atoms with Gasteiger partial charge >= 0.3 is 6.03 Å². The van der Waals surface area contributed by atoms with Crippen molar-refractivity contribution in [1.82, 2.24) is 5.32 Å². The predicted molar refractivity (Wildman–Crippen MR) is 74.4 cm³/mol. The topological polar surface area (TPSA) is 58.4 Å². The zero-order valence-electron chi connectivity index (χ0n) is 10.1. The largest absolute Gasteiger partial charge is 0.389 e. The minimum atomic E-state index is -0.116. The quantitative estimate of drug-likeness (QED) is 0.803. The van der Waals surface area contributed by atoms with Crippen LogP contribution in [0.25, 0.3) is 0 Å². The average Bonchev–Trinajstić information content (AvgIpc) is 2.35. The van der Waals surface area contributed by atoms with E-state index in [0.717, 1.165) is 17.7 Å². The van der Waals surface area contributed by atoms with Crippen LogP contribution >= 0.6 is 12.2 Å². The Morgan fingerprint density at radius 2 is 2.00 bits per heavy atom. The first-order valence-corrected chi connectivity index (χ1v) is 5.88. The molecule has 4 nitrogen and oxygen atoms in total. The van der Waals surface area contributed by atoms with Crippen molar-refractivity contribution in [2.45, 2.75) is 13.3 Å². The van der Waals surface area contributed by atoms with Crippen molar-refractivity contribution in [3.8, 4) is 0 Å². The lowest BCUT2D eigenvalue weighted by atomic mass is 10.2. The van der Waals surface area contributed by atoms with Gasteiger partial charge in [0.1, 0.15) is 4.99 Å². The van der Waals surface area contributed by atoms with E-state index in [1.54, 1.807) is 24.1 Å².